The second-order valence-electron chi connectivity index (χ2n) is 6.23. The minimum atomic E-state index is 0.724. The Morgan fingerprint density at radius 3 is 2.70 bits per heavy atom. The summed E-state index contributed by atoms with van der Waals surface area (Å²) in [4.78, 5) is 2.62. The van der Waals surface area contributed by atoms with Gasteiger partial charge in [0.1, 0.15) is 11.5 Å². The highest BCUT2D eigenvalue weighted by atomic mass is 35.5. The van der Waals surface area contributed by atoms with Gasteiger partial charge in [0.15, 0.2) is 0 Å². The number of hydrogen-bond acceptors (Lipinski definition) is 2. The lowest BCUT2D eigenvalue weighted by Crippen LogP contribution is -2.38. The van der Waals surface area contributed by atoms with E-state index >= 15 is 0 Å². The molecule has 23 heavy (non-hydrogen) atoms. The van der Waals surface area contributed by atoms with E-state index < -0.39 is 0 Å². The van der Waals surface area contributed by atoms with Crippen molar-refractivity contribution < 1.29 is 4.74 Å². The summed E-state index contributed by atoms with van der Waals surface area (Å²) in [5.41, 5.74) is 1.32. The van der Waals surface area contributed by atoms with Gasteiger partial charge in [0.2, 0.25) is 0 Å². The van der Waals surface area contributed by atoms with Gasteiger partial charge in [-0.1, -0.05) is 37.1 Å². The number of halogens is 1. The number of rotatable bonds is 5. The molecule has 3 rings (SSSR count). The normalized spacial score (nSPS) is 18.8. The first kappa shape index (κ1) is 16.4. The molecule has 1 aliphatic heterocycles. The number of piperidine rings is 1. The Hall–Kier alpha value is -1.51. The summed E-state index contributed by atoms with van der Waals surface area (Å²) in [6.45, 7) is 4.51. The maximum absolute atomic E-state index is 5.94. The van der Waals surface area contributed by atoms with Crippen molar-refractivity contribution in [3.8, 4) is 11.5 Å². The Morgan fingerprint density at radius 1 is 1.09 bits per heavy atom. The molecule has 2 nitrogen and oxygen atoms in total. The largest absolute Gasteiger partial charge is 0.457 e. The van der Waals surface area contributed by atoms with Crippen LogP contribution < -0.4 is 4.74 Å². The molecule has 0 saturated carbocycles. The van der Waals surface area contributed by atoms with Crippen molar-refractivity contribution in [1.29, 1.82) is 0 Å². The zero-order chi connectivity index (χ0) is 16.1. The molecule has 0 amide bonds. The molecule has 2 aromatic carbocycles. The minimum Gasteiger partial charge on any atom is -0.457 e. The Balaban J connectivity index is 1.68. The number of benzene rings is 2. The summed E-state index contributed by atoms with van der Waals surface area (Å²) in [7, 11) is 0. The molecular formula is C20H24ClNO. The van der Waals surface area contributed by atoms with Gasteiger partial charge in [0, 0.05) is 17.6 Å². The quantitative estimate of drug-likeness (QED) is 0.677. The molecule has 0 N–H and O–H groups in total. The zero-order valence-corrected chi connectivity index (χ0v) is 14.4. The van der Waals surface area contributed by atoms with E-state index in [2.05, 4.69) is 30.0 Å². The Kier molecular flexibility index (Phi) is 5.58. The van der Waals surface area contributed by atoms with Crippen molar-refractivity contribution >= 4 is 11.6 Å². The molecule has 0 unspecified atom stereocenters. The number of ether oxygens (including phenoxy) is 1. The summed E-state index contributed by atoms with van der Waals surface area (Å²) in [6, 6.07) is 16.6. The SMILES string of the molecule is CC[C@H]1CCCCN1Cc1cccc(Oc2ccc(Cl)cc2)c1. The van der Waals surface area contributed by atoms with Gasteiger partial charge in [0.05, 0.1) is 0 Å². The van der Waals surface area contributed by atoms with Crippen LogP contribution in [0, 0.1) is 0 Å². The number of hydrogen-bond donors (Lipinski definition) is 0. The molecule has 0 bridgehead atoms. The molecule has 122 valence electrons. The van der Waals surface area contributed by atoms with Crippen molar-refractivity contribution in [2.45, 2.75) is 45.2 Å². The molecule has 0 spiro atoms. The summed E-state index contributed by atoms with van der Waals surface area (Å²) in [6.07, 6.45) is 5.25. The van der Waals surface area contributed by atoms with Crippen LogP contribution in [0.1, 0.15) is 38.2 Å². The van der Waals surface area contributed by atoms with E-state index in [1.165, 1.54) is 37.8 Å². The second-order valence-corrected chi connectivity index (χ2v) is 6.67. The Morgan fingerprint density at radius 2 is 1.91 bits per heavy atom. The van der Waals surface area contributed by atoms with E-state index in [1.807, 2.05) is 30.3 Å². The van der Waals surface area contributed by atoms with Gasteiger partial charge in [-0.2, -0.15) is 0 Å². The molecule has 0 radical (unpaired) electrons. The van der Waals surface area contributed by atoms with Crippen LogP contribution >= 0.6 is 11.6 Å². The maximum Gasteiger partial charge on any atom is 0.127 e. The van der Waals surface area contributed by atoms with Crippen molar-refractivity contribution in [1.82, 2.24) is 4.90 Å². The fourth-order valence-electron chi connectivity index (χ4n) is 3.31. The smallest absolute Gasteiger partial charge is 0.127 e. The monoisotopic (exact) mass is 329 g/mol. The van der Waals surface area contributed by atoms with E-state index in [-0.39, 0.29) is 0 Å². The Labute approximate surface area is 144 Å². The van der Waals surface area contributed by atoms with Gasteiger partial charge in [-0.3, -0.25) is 4.90 Å². The third-order valence-electron chi connectivity index (χ3n) is 4.55. The highest BCUT2D eigenvalue weighted by Gasteiger charge is 2.20. The van der Waals surface area contributed by atoms with Crippen molar-refractivity contribution in [2.24, 2.45) is 0 Å². The van der Waals surface area contributed by atoms with E-state index in [0.717, 1.165) is 29.1 Å². The molecule has 3 heteroatoms. The van der Waals surface area contributed by atoms with Crippen molar-refractivity contribution in [2.75, 3.05) is 6.54 Å². The number of likely N-dealkylation sites (tertiary alicyclic amines) is 1. The fourth-order valence-corrected chi connectivity index (χ4v) is 3.44. The van der Waals surface area contributed by atoms with E-state index in [9.17, 15) is 0 Å². The molecular weight excluding hydrogens is 306 g/mol. The van der Waals surface area contributed by atoms with Gasteiger partial charge in [0.25, 0.3) is 0 Å². The Bertz CT molecular complexity index is 626. The van der Waals surface area contributed by atoms with Crippen LogP contribution in [-0.4, -0.2) is 17.5 Å². The number of nitrogens with zero attached hydrogens (tertiary/aromatic N) is 1. The van der Waals surface area contributed by atoms with Crippen molar-refractivity contribution in [3.05, 3.63) is 59.1 Å². The topological polar surface area (TPSA) is 12.5 Å². The fraction of sp³-hybridized carbons (Fsp3) is 0.400. The average Bonchev–Trinajstić information content (AvgIpc) is 2.58. The van der Waals surface area contributed by atoms with Gasteiger partial charge >= 0.3 is 0 Å². The van der Waals surface area contributed by atoms with Crippen LogP contribution in [0.3, 0.4) is 0 Å². The minimum absolute atomic E-state index is 0.724. The van der Waals surface area contributed by atoms with E-state index in [4.69, 9.17) is 16.3 Å². The molecule has 1 fully saturated rings. The highest BCUT2D eigenvalue weighted by molar-refractivity contribution is 6.30. The predicted molar refractivity (Wildman–Crippen MR) is 96.3 cm³/mol. The van der Waals surface area contributed by atoms with E-state index in [1.54, 1.807) is 0 Å². The van der Waals surface area contributed by atoms with E-state index in [0.29, 0.717) is 0 Å². The molecule has 0 aromatic heterocycles. The second kappa shape index (κ2) is 7.85. The first-order valence-corrected chi connectivity index (χ1v) is 8.89. The maximum atomic E-state index is 5.94. The van der Waals surface area contributed by atoms with Gasteiger partial charge in [-0.15, -0.1) is 0 Å². The van der Waals surface area contributed by atoms with Crippen LogP contribution in [0.2, 0.25) is 5.02 Å². The molecule has 1 aliphatic rings. The summed E-state index contributed by atoms with van der Waals surface area (Å²) >= 11 is 5.91. The highest BCUT2D eigenvalue weighted by Crippen LogP contribution is 2.26. The summed E-state index contributed by atoms with van der Waals surface area (Å²) in [5, 5.41) is 0.724. The van der Waals surface area contributed by atoms with Crippen LogP contribution in [-0.2, 0) is 6.54 Å². The average molecular weight is 330 g/mol. The molecule has 2 aromatic rings. The van der Waals surface area contributed by atoms with Crippen LogP contribution in [0.4, 0.5) is 0 Å². The van der Waals surface area contributed by atoms with Crippen molar-refractivity contribution in [3.63, 3.8) is 0 Å². The lowest BCUT2D eigenvalue weighted by Gasteiger charge is -2.35. The summed E-state index contributed by atoms with van der Waals surface area (Å²) in [5.74, 6) is 1.70. The van der Waals surface area contributed by atoms with Crippen LogP contribution in [0.15, 0.2) is 48.5 Å². The predicted octanol–water partition coefficient (Wildman–Crippen LogP) is 5.90. The molecule has 1 saturated heterocycles. The van der Waals surface area contributed by atoms with Crippen LogP contribution in [0.25, 0.3) is 0 Å². The first-order chi connectivity index (χ1) is 11.2. The van der Waals surface area contributed by atoms with Crippen LogP contribution in [0.5, 0.6) is 11.5 Å². The third-order valence-corrected chi connectivity index (χ3v) is 4.81. The molecule has 1 heterocycles. The summed E-state index contributed by atoms with van der Waals surface area (Å²) < 4.78 is 5.94. The third kappa shape index (κ3) is 4.49. The van der Waals surface area contributed by atoms with Gasteiger partial charge < -0.3 is 4.74 Å². The van der Waals surface area contributed by atoms with Gasteiger partial charge in [-0.25, -0.2) is 0 Å². The zero-order valence-electron chi connectivity index (χ0n) is 13.7. The molecule has 0 aliphatic carbocycles. The lowest BCUT2D eigenvalue weighted by molar-refractivity contribution is 0.136. The lowest BCUT2D eigenvalue weighted by atomic mass is 9.99. The standard InChI is InChI=1S/C20H24ClNO/c1-2-18-7-3-4-13-22(18)15-16-6-5-8-20(14-16)23-19-11-9-17(21)10-12-19/h5-6,8-12,14,18H,2-4,7,13,15H2,1H3/t18-/m0/s1. The molecule has 1 atom stereocenters. The van der Waals surface area contributed by atoms with Gasteiger partial charge in [-0.05, 0) is 67.8 Å². The first-order valence-electron chi connectivity index (χ1n) is 8.51.